The summed E-state index contributed by atoms with van der Waals surface area (Å²) in [5.74, 6) is 5.82. The van der Waals surface area contributed by atoms with Crippen molar-refractivity contribution in [1.29, 1.82) is 0 Å². The zero-order valence-electron chi connectivity index (χ0n) is 14.4. The zero-order chi connectivity index (χ0) is 15.6. The molecule has 1 fully saturated rings. The predicted octanol–water partition coefficient (Wildman–Crippen LogP) is 6.00. The maximum absolute atomic E-state index is 5.65. The average Bonchev–Trinajstić information content (AvgIpc) is 2.45. The van der Waals surface area contributed by atoms with Crippen LogP contribution in [0.4, 0.5) is 0 Å². The van der Waals surface area contributed by atoms with Crippen LogP contribution in [0.3, 0.4) is 0 Å². The van der Waals surface area contributed by atoms with Gasteiger partial charge in [-0.25, -0.2) is 0 Å². The second kappa shape index (κ2) is 6.43. The molecule has 0 bridgehead atoms. The van der Waals surface area contributed by atoms with E-state index in [2.05, 4.69) is 46.3 Å². The molecule has 0 nitrogen and oxygen atoms in total. The van der Waals surface area contributed by atoms with Gasteiger partial charge in [-0.15, -0.1) is 12.3 Å². The molecule has 0 heteroatoms. The summed E-state index contributed by atoms with van der Waals surface area (Å²) in [4.78, 5) is 0. The van der Waals surface area contributed by atoms with Crippen LogP contribution in [0.15, 0.2) is 23.8 Å². The first-order valence-corrected chi connectivity index (χ1v) is 8.69. The summed E-state index contributed by atoms with van der Waals surface area (Å²) in [5.41, 5.74) is 3.29. The lowest BCUT2D eigenvalue weighted by molar-refractivity contribution is 0.151. The maximum Gasteiger partial charge on any atom is 0.0223 e. The standard InChI is InChI=1S/C21H32/c1-7-17(4)21(5,6)13-12-19-16(3)9-10-18-14-15(2)8-11-20(18)19/h1,14,16-17,19-20H,2,8-13H2,3-6H3/t16?,17-,19?,20?/m0/s1. The Morgan fingerprint density at radius 2 is 2.10 bits per heavy atom. The maximum atomic E-state index is 5.65. The Labute approximate surface area is 132 Å². The highest BCUT2D eigenvalue weighted by Crippen LogP contribution is 2.47. The molecule has 0 heterocycles. The summed E-state index contributed by atoms with van der Waals surface area (Å²) in [7, 11) is 0. The Morgan fingerprint density at radius 3 is 2.76 bits per heavy atom. The second-order valence-corrected chi connectivity index (χ2v) is 8.12. The van der Waals surface area contributed by atoms with E-state index in [9.17, 15) is 0 Å². The Balaban J connectivity index is 2.06. The van der Waals surface area contributed by atoms with Gasteiger partial charge in [0, 0.05) is 5.92 Å². The highest BCUT2D eigenvalue weighted by atomic mass is 14.4. The fourth-order valence-electron chi connectivity index (χ4n) is 4.19. The third-order valence-corrected chi connectivity index (χ3v) is 6.32. The van der Waals surface area contributed by atoms with Gasteiger partial charge in [-0.05, 0) is 61.7 Å². The van der Waals surface area contributed by atoms with Crippen molar-refractivity contribution in [3.8, 4) is 12.3 Å². The van der Waals surface area contributed by atoms with Gasteiger partial charge in [-0.2, -0.15) is 0 Å². The smallest absolute Gasteiger partial charge is 0.0223 e. The molecule has 2 aliphatic carbocycles. The van der Waals surface area contributed by atoms with Gasteiger partial charge < -0.3 is 0 Å². The summed E-state index contributed by atoms with van der Waals surface area (Å²) < 4.78 is 0. The van der Waals surface area contributed by atoms with Crippen LogP contribution >= 0.6 is 0 Å². The lowest BCUT2D eigenvalue weighted by Gasteiger charge is -2.42. The van der Waals surface area contributed by atoms with Gasteiger partial charge in [0.05, 0.1) is 0 Å². The number of fused-ring (bicyclic) bond motifs is 1. The summed E-state index contributed by atoms with van der Waals surface area (Å²) in [6.07, 6.45) is 15.8. The molecule has 4 atom stereocenters. The van der Waals surface area contributed by atoms with Crippen molar-refractivity contribution in [2.45, 2.75) is 66.2 Å². The van der Waals surface area contributed by atoms with Crippen molar-refractivity contribution in [2.75, 3.05) is 0 Å². The number of allylic oxidation sites excluding steroid dienone is 3. The third-order valence-electron chi connectivity index (χ3n) is 6.32. The lowest BCUT2D eigenvalue weighted by Crippen LogP contribution is -2.32. The monoisotopic (exact) mass is 284 g/mol. The summed E-state index contributed by atoms with van der Waals surface area (Å²) in [6, 6.07) is 0. The number of hydrogen-bond donors (Lipinski definition) is 0. The van der Waals surface area contributed by atoms with Crippen LogP contribution in [0.5, 0.6) is 0 Å². The average molecular weight is 284 g/mol. The molecule has 0 aromatic rings. The fraction of sp³-hybridized carbons (Fsp3) is 0.714. The van der Waals surface area contributed by atoms with Gasteiger partial charge in [0.15, 0.2) is 0 Å². The molecular weight excluding hydrogens is 252 g/mol. The number of hydrogen-bond acceptors (Lipinski definition) is 0. The number of rotatable bonds is 4. The van der Waals surface area contributed by atoms with E-state index in [0.717, 1.165) is 17.8 Å². The Morgan fingerprint density at radius 1 is 1.38 bits per heavy atom. The van der Waals surface area contributed by atoms with E-state index < -0.39 is 0 Å². The molecule has 0 aliphatic heterocycles. The van der Waals surface area contributed by atoms with Gasteiger partial charge >= 0.3 is 0 Å². The van der Waals surface area contributed by atoms with Crippen LogP contribution in [0.25, 0.3) is 0 Å². The lowest BCUT2D eigenvalue weighted by atomic mass is 9.63. The summed E-state index contributed by atoms with van der Waals surface area (Å²) in [5, 5.41) is 0. The summed E-state index contributed by atoms with van der Waals surface area (Å²) in [6.45, 7) is 13.5. The topological polar surface area (TPSA) is 0 Å². The molecule has 1 saturated carbocycles. The van der Waals surface area contributed by atoms with Crippen LogP contribution in [-0.4, -0.2) is 0 Å². The van der Waals surface area contributed by atoms with Crippen LogP contribution in [0.2, 0.25) is 0 Å². The van der Waals surface area contributed by atoms with Crippen molar-refractivity contribution >= 4 is 0 Å². The van der Waals surface area contributed by atoms with E-state index in [1.807, 2.05) is 0 Å². The van der Waals surface area contributed by atoms with E-state index in [1.165, 1.54) is 44.1 Å². The molecule has 21 heavy (non-hydrogen) atoms. The van der Waals surface area contributed by atoms with Gasteiger partial charge in [-0.3, -0.25) is 0 Å². The van der Waals surface area contributed by atoms with Gasteiger partial charge in [0.1, 0.15) is 0 Å². The minimum Gasteiger partial charge on any atom is -0.120 e. The van der Waals surface area contributed by atoms with Crippen molar-refractivity contribution < 1.29 is 0 Å². The quantitative estimate of drug-likeness (QED) is 0.555. The molecule has 0 amide bonds. The Bertz CT molecular complexity index is 457. The molecule has 0 spiro atoms. The molecule has 2 aliphatic rings. The van der Waals surface area contributed by atoms with Crippen molar-refractivity contribution in [1.82, 2.24) is 0 Å². The third kappa shape index (κ3) is 3.63. The number of terminal acetylenes is 1. The van der Waals surface area contributed by atoms with Crippen molar-refractivity contribution in [3.05, 3.63) is 23.8 Å². The van der Waals surface area contributed by atoms with Gasteiger partial charge in [0.2, 0.25) is 0 Å². The van der Waals surface area contributed by atoms with Crippen molar-refractivity contribution in [3.63, 3.8) is 0 Å². The second-order valence-electron chi connectivity index (χ2n) is 8.12. The van der Waals surface area contributed by atoms with E-state index >= 15 is 0 Å². The molecule has 0 saturated heterocycles. The van der Waals surface area contributed by atoms with Crippen LogP contribution in [-0.2, 0) is 0 Å². The van der Waals surface area contributed by atoms with E-state index in [0.29, 0.717) is 5.92 Å². The van der Waals surface area contributed by atoms with Gasteiger partial charge in [0.25, 0.3) is 0 Å². The molecule has 0 N–H and O–H groups in total. The van der Waals surface area contributed by atoms with Crippen molar-refractivity contribution in [2.24, 2.45) is 29.1 Å². The van der Waals surface area contributed by atoms with Crippen LogP contribution in [0.1, 0.15) is 66.2 Å². The normalized spacial score (nSPS) is 31.1. The minimum absolute atomic E-state index is 0.258. The Kier molecular flexibility index (Phi) is 5.03. The highest BCUT2D eigenvalue weighted by molar-refractivity contribution is 5.28. The molecule has 0 radical (unpaired) electrons. The Hall–Kier alpha value is -0.960. The van der Waals surface area contributed by atoms with Crippen LogP contribution in [0, 0.1) is 41.4 Å². The minimum atomic E-state index is 0.258. The van der Waals surface area contributed by atoms with E-state index in [1.54, 1.807) is 5.57 Å². The SMILES string of the molecule is C#C[C@H](C)C(C)(C)CCC1C(C)CCC2=CC(=C)CCC21. The molecule has 0 aromatic carbocycles. The highest BCUT2D eigenvalue weighted by Gasteiger charge is 2.36. The first-order chi connectivity index (χ1) is 9.85. The van der Waals surface area contributed by atoms with E-state index in [-0.39, 0.29) is 5.41 Å². The fourth-order valence-corrected chi connectivity index (χ4v) is 4.19. The van der Waals surface area contributed by atoms with E-state index in [4.69, 9.17) is 6.42 Å². The first kappa shape index (κ1) is 16.4. The predicted molar refractivity (Wildman–Crippen MR) is 92.8 cm³/mol. The molecule has 2 rings (SSSR count). The van der Waals surface area contributed by atoms with Gasteiger partial charge in [-0.1, -0.05) is 51.5 Å². The molecular formula is C21H32. The first-order valence-electron chi connectivity index (χ1n) is 8.69. The largest absolute Gasteiger partial charge is 0.120 e. The summed E-state index contributed by atoms with van der Waals surface area (Å²) >= 11 is 0. The zero-order valence-corrected chi connectivity index (χ0v) is 14.4. The molecule has 116 valence electrons. The molecule has 3 unspecified atom stereocenters. The van der Waals surface area contributed by atoms with Crippen LogP contribution < -0.4 is 0 Å². The molecule has 0 aromatic heterocycles.